The second-order valence-electron chi connectivity index (χ2n) is 6.45. The number of carbonyl (C=O) groups excluding carboxylic acids is 2. The summed E-state index contributed by atoms with van der Waals surface area (Å²) in [5, 5.41) is 13.8. The first kappa shape index (κ1) is 19.0. The van der Waals surface area contributed by atoms with Crippen molar-refractivity contribution in [1.82, 2.24) is 24.8 Å². The molecule has 3 rings (SSSR count). The van der Waals surface area contributed by atoms with E-state index in [1.165, 1.54) is 11.3 Å². The van der Waals surface area contributed by atoms with Crippen LogP contribution in [0.5, 0.6) is 0 Å². The third-order valence-electron chi connectivity index (χ3n) is 4.13. The molecule has 0 bridgehead atoms. The predicted octanol–water partition coefficient (Wildman–Crippen LogP) is 2.83. The molecule has 0 fully saturated rings. The summed E-state index contributed by atoms with van der Waals surface area (Å²) in [7, 11) is 0. The van der Waals surface area contributed by atoms with Gasteiger partial charge in [0.15, 0.2) is 13.2 Å². The molecule has 0 saturated heterocycles. The summed E-state index contributed by atoms with van der Waals surface area (Å²) in [5.41, 5.74) is 2.46. The van der Waals surface area contributed by atoms with Crippen molar-refractivity contribution in [2.45, 2.75) is 40.3 Å². The molecular weight excluding hydrogens is 366 g/mol. The van der Waals surface area contributed by atoms with Crippen LogP contribution in [0.3, 0.4) is 0 Å². The number of carbonyl (C=O) groups is 2. The SMILES string of the molecule is Cc1cc(C(=O)COC(=O)Cn2nnc(-c3cccs3)n2)c(C)n1C(C)C. The van der Waals surface area contributed by atoms with E-state index in [9.17, 15) is 9.59 Å². The maximum Gasteiger partial charge on any atom is 0.330 e. The molecule has 0 radical (unpaired) electrons. The Morgan fingerprint density at radius 2 is 2.07 bits per heavy atom. The fourth-order valence-electron chi connectivity index (χ4n) is 3.05. The largest absolute Gasteiger partial charge is 0.456 e. The number of aromatic nitrogens is 5. The first-order chi connectivity index (χ1) is 12.9. The van der Waals surface area contributed by atoms with Crippen molar-refractivity contribution in [3.05, 3.63) is 40.5 Å². The average Bonchev–Trinajstić information content (AvgIpc) is 3.32. The van der Waals surface area contributed by atoms with E-state index in [1.54, 1.807) is 0 Å². The lowest BCUT2D eigenvalue weighted by atomic mass is 10.1. The van der Waals surface area contributed by atoms with Gasteiger partial charge in [0.05, 0.1) is 4.88 Å². The number of tetrazole rings is 1. The fourth-order valence-corrected chi connectivity index (χ4v) is 3.70. The Kier molecular flexibility index (Phi) is 5.50. The van der Waals surface area contributed by atoms with Crippen LogP contribution in [0.2, 0.25) is 0 Å². The molecule has 27 heavy (non-hydrogen) atoms. The molecule has 3 aromatic rings. The molecule has 0 aliphatic carbocycles. The number of ether oxygens (including phenoxy) is 1. The maximum absolute atomic E-state index is 12.4. The molecule has 8 nitrogen and oxygen atoms in total. The number of ketones is 1. The molecule has 0 saturated carbocycles. The highest BCUT2D eigenvalue weighted by Crippen LogP contribution is 2.21. The van der Waals surface area contributed by atoms with Gasteiger partial charge >= 0.3 is 5.97 Å². The molecule has 0 spiro atoms. The van der Waals surface area contributed by atoms with Gasteiger partial charge in [-0.05, 0) is 50.4 Å². The topological polar surface area (TPSA) is 91.9 Å². The van der Waals surface area contributed by atoms with Gasteiger partial charge in [-0.1, -0.05) is 6.07 Å². The zero-order chi connectivity index (χ0) is 19.6. The van der Waals surface area contributed by atoms with E-state index >= 15 is 0 Å². The quantitative estimate of drug-likeness (QED) is 0.457. The third-order valence-corrected chi connectivity index (χ3v) is 5.00. The Morgan fingerprint density at radius 3 is 2.70 bits per heavy atom. The summed E-state index contributed by atoms with van der Waals surface area (Å²) in [6.07, 6.45) is 0. The van der Waals surface area contributed by atoms with Crippen LogP contribution >= 0.6 is 11.3 Å². The van der Waals surface area contributed by atoms with E-state index in [0.29, 0.717) is 11.4 Å². The van der Waals surface area contributed by atoms with Crippen molar-refractivity contribution >= 4 is 23.1 Å². The molecule has 0 aliphatic heterocycles. The molecule has 3 heterocycles. The maximum atomic E-state index is 12.4. The van der Waals surface area contributed by atoms with E-state index in [4.69, 9.17) is 4.74 Å². The van der Waals surface area contributed by atoms with Crippen LogP contribution in [0.1, 0.15) is 41.6 Å². The van der Waals surface area contributed by atoms with Crippen molar-refractivity contribution in [3.8, 4) is 10.7 Å². The summed E-state index contributed by atoms with van der Waals surface area (Å²) >= 11 is 1.49. The first-order valence-electron chi connectivity index (χ1n) is 8.55. The summed E-state index contributed by atoms with van der Waals surface area (Å²) in [6, 6.07) is 5.84. The minimum atomic E-state index is -0.587. The van der Waals surface area contributed by atoms with Crippen LogP contribution in [0, 0.1) is 13.8 Å². The van der Waals surface area contributed by atoms with Gasteiger partial charge in [0.25, 0.3) is 0 Å². The van der Waals surface area contributed by atoms with Crippen LogP contribution in [-0.2, 0) is 16.1 Å². The molecule has 0 atom stereocenters. The molecular formula is C18H21N5O3S. The Morgan fingerprint density at radius 1 is 1.30 bits per heavy atom. The highest BCUT2D eigenvalue weighted by atomic mass is 32.1. The number of esters is 1. The number of rotatable bonds is 7. The number of hydrogen-bond acceptors (Lipinski definition) is 7. The molecule has 0 N–H and O–H groups in total. The third kappa shape index (κ3) is 4.13. The zero-order valence-corrected chi connectivity index (χ0v) is 16.5. The molecule has 0 amide bonds. The lowest BCUT2D eigenvalue weighted by Crippen LogP contribution is -2.20. The van der Waals surface area contributed by atoms with Crippen molar-refractivity contribution in [2.75, 3.05) is 6.61 Å². The van der Waals surface area contributed by atoms with Gasteiger partial charge in [-0.3, -0.25) is 4.79 Å². The van der Waals surface area contributed by atoms with Gasteiger partial charge in [-0.15, -0.1) is 21.5 Å². The van der Waals surface area contributed by atoms with Crippen molar-refractivity contribution in [1.29, 1.82) is 0 Å². The number of thiophene rings is 1. The number of Topliss-reactive ketones (excluding diaryl/α,β-unsaturated/α-hetero) is 1. The highest BCUT2D eigenvalue weighted by Gasteiger charge is 2.19. The van der Waals surface area contributed by atoms with E-state index in [1.807, 2.05) is 37.4 Å². The van der Waals surface area contributed by atoms with E-state index < -0.39 is 5.97 Å². The minimum Gasteiger partial charge on any atom is -0.456 e. The monoisotopic (exact) mass is 387 g/mol. The van der Waals surface area contributed by atoms with Crippen LogP contribution in [-0.4, -0.2) is 43.1 Å². The molecule has 0 aliphatic rings. The van der Waals surface area contributed by atoms with Crippen molar-refractivity contribution < 1.29 is 14.3 Å². The molecule has 3 aromatic heterocycles. The van der Waals surface area contributed by atoms with E-state index in [2.05, 4.69) is 33.8 Å². The van der Waals surface area contributed by atoms with Gasteiger partial charge in [-0.25, -0.2) is 4.79 Å². The van der Waals surface area contributed by atoms with Crippen LogP contribution in [0.15, 0.2) is 23.6 Å². The minimum absolute atomic E-state index is 0.198. The average molecular weight is 387 g/mol. The molecule has 0 unspecified atom stereocenters. The highest BCUT2D eigenvalue weighted by molar-refractivity contribution is 7.13. The summed E-state index contributed by atoms with van der Waals surface area (Å²) in [4.78, 5) is 26.5. The van der Waals surface area contributed by atoms with Gasteiger partial charge < -0.3 is 9.30 Å². The Bertz CT molecular complexity index is 956. The van der Waals surface area contributed by atoms with Crippen LogP contribution in [0.25, 0.3) is 10.7 Å². The predicted molar refractivity (Wildman–Crippen MR) is 101 cm³/mol. The molecule has 0 aromatic carbocycles. The van der Waals surface area contributed by atoms with Crippen LogP contribution < -0.4 is 0 Å². The lowest BCUT2D eigenvalue weighted by molar-refractivity contribution is -0.143. The van der Waals surface area contributed by atoms with Crippen molar-refractivity contribution in [2.24, 2.45) is 0 Å². The number of aryl methyl sites for hydroxylation is 1. The molecule has 142 valence electrons. The van der Waals surface area contributed by atoms with Gasteiger partial charge in [0, 0.05) is 23.0 Å². The first-order valence-corrected chi connectivity index (χ1v) is 9.43. The number of hydrogen-bond donors (Lipinski definition) is 0. The van der Waals surface area contributed by atoms with Crippen LogP contribution in [0.4, 0.5) is 0 Å². The van der Waals surface area contributed by atoms with Gasteiger partial charge in [0.1, 0.15) is 0 Å². The normalized spacial score (nSPS) is 11.1. The smallest absolute Gasteiger partial charge is 0.330 e. The summed E-state index contributed by atoms with van der Waals surface area (Å²) in [5.74, 6) is -0.361. The fraction of sp³-hybridized carbons (Fsp3) is 0.389. The zero-order valence-electron chi connectivity index (χ0n) is 15.7. The molecule has 9 heteroatoms. The second-order valence-corrected chi connectivity index (χ2v) is 7.40. The van der Waals surface area contributed by atoms with E-state index in [0.717, 1.165) is 21.1 Å². The summed E-state index contributed by atoms with van der Waals surface area (Å²) in [6.45, 7) is 7.46. The van der Waals surface area contributed by atoms with Gasteiger partial charge in [-0.2, -0.15) is 4.80 Å². The number of nitrogens with zero attached hydrogens (tertiary/aromatic N) is 5. The second kappa shape index (κ2) is 7.83. The van der Waals surface area contributed by atoms with Crippen molar-refractivity contribution in [3.63, 3.8) is 0 Å². The summed E-state index contributed by atoms with van der Waals surface area (Å²) < 4.78 is 7.19. The standard InChI is InChI=1S/C18H21N5O3S/c1-11(2)23-12(3)8-14(13(23)4)15(24)10-26-17(25)9-22-20-18(19-21-22)16-6-5-7-27-16/h5-8,11H,9-10H2,1-4H3. The van der Waals surface area contributed by atoms with Gasteiger partial charge in [0.2, 0.25) is 11.6 Å². The Balaban J connectivity index is 1.58. The van der Waals surface area contributed by atoms with E-state index in [-0.39, 0.29) is 25.0 Å². The Labute approximate surface area is 160 Å². The Hall–Kier alpha value is -2.81. The lowest BCUT2D eigenvalue weighted by Gasteiger charge is -2.13.